The van der Waals surface area contributed by atoms with Crippen LogP contribution in [0.1, 0.15) is 33.6 Å². The van der Waals surface area contributed by atoms with Gasteiger partial charge in [-0.3, -0.25) is 4.79 Å². The predicted octanol–water partition coefficient (Wildman–Crippen LogP) is 2.09. The Hall–Kier alpha value is -0.260. The Kier molecular flexibility index (Phi) is 6.38. The molecule has 0 N–H and O–H groups in total. The van der Waals surface area contributed by atoms with Crippen molar-refractivity contribution in [2.24, 2.45) is 5.92 Å². The van der Waals surface area contributed by atoms with Crippen molar-refractivity contribution in [2.45, 2.75) is 38.4 Å². The normalized spacial score (nSPS) is 25.1. The number of hydrogen-bond donors (Lipinski definition) is 0. The van der Waals surface area contributed by atoms with Crippen LogP contribution in [-0.4, -0.2) is 72.1 Å². The highest BCUT2D eigenvalue weighted by Crippen LogP contribution is 2.24. The first-order valence-electron chi connectivity index (χ1n) is 8.18. The minimum Gasteiger partial charge on any atom is -0.378 e. The van der Waals surface area contributed by atoms with Crippen LogP contribution in [0.4, 0.5) is 0 Å². The Labute approximate surface area is 133 Å². The molecule has 0 aliphatic carbocycles. The van der Waals surface area contributed by atoms with Crippen molar-refractivity contribution in [3.63, 3.8) is 0 Å². The molecule has 0 saturated carbocycles. The molecule has 0 aromatic rings. The Bertz CT molecular complexity index is 338. The third kappa shape index (κ3) is 5.80. The second-order valence-electron chi connectivity index (χ2n) is 7.04. The molecule has 0 aromatic carbocycles. The van der Waals surface area contributed by atoms with Gasteiger partial charge in [-0.2, -0.15) is 11.8 Å². The number of nitrogens with zero attached hydrogens (tertiary/aromatic N) is 2. The van der Waals surface area contributed by atoms with Gasteiger partial charge in [0.25, 0.3) is 0 Å². The third-order valence-electron chi connectivity index (χ3n) is 4.12. The SMILES string of the molecule is CC(C)(C)SCCN1CCC[C@H](C(=O)N2CCOCC2)C1. The van der Waals surface area contributed by atoms with E-state index in [9.17, 15) is 4.79 Å². The summed E-state index contributed by atoms with van der Waals surface area (Å²) in [6, 6.07) is 0. The van der Waals surface area contributed by atoms with Crippen molar-refractivity contribution < 1.29 is 9.53 Å². The highest BCUT2D eigenvalue weighted by Gasteiger charge is 2.29. The van der Waals surface area contributed by atoms with Gasteiger partial charge < -0.3 is 14.5 Å². The first kappa shape index (κ1) is 17.1. The molecule has 1 atom stereocenters. The van der Waals surface area contributed by atoms with E-state index in [-0.39, 0.29) is 5.92 Å². The summed E-state index contributed by atoms with van der Waals surface area (Å²) >= 11 is 2.01. The standard InChI is InChI=1S/C16H30N2O2S/c1-16(2,3)21-12-9-17-6-4-5-14(13-17)15(19)18-7-10-20-11-8-18/h14H,4-13H2,1-3H3/t14-/m0/s1. The van der Waals surface area contributed by atoms with E-state index >= 15 is 0 Å². The van der Waals surface area contributed by atoms with Crippen LogP contribution in [0.3, 0.4) is 0 Å². The van der Waals surface area contributed by atoms with Gasteiger partial charge in [0.1, 0.15) is 0 Å². The number of hydrogen-bond acceptors (Lipinski definition) is 4. The van der Waals surface area contributed by atoms with Crippen molar-refractivity contribution in [1.29, 1.82) is 0 Å². The number of piperidine rings is 1. The number of carbonyl (C=O) groups excluding carboxylic acids is 1. The van der Waals surface area contributed by atoms with Crippen LogP contribution in [0, 0.1) is 5.92 Å². The fraction of sp³-hybridized carbons (Fsp3) is 0.938. The van der Waals surface area contributed by atoms with Crippen LogP contribution >= 0.6 is 11.8 Å². The van der Waals surface area contributed by atoms with Crippen molar-refractivity contribution >= 4 is 17.7 Å². The van der Waals surface area contributed by atoms with E-state index < -0.39 is 0 Å². The molecule has 0 spiro atoms. The summed E-state index contributed by atoms with van der Waals surface area (Å²) < 4.78 is 5.67. The largest absolute Gasteiger partial charge is 0.378 e. The van der Waals surface area contributed by atoms with Gasteiger partial charge in [-0.1, -0.05) is 20.8 Å². The van der Waals surface area contributed by atoms with Crippen LogP contribution < -0.4 is 0 Å². The lowest BCUT2D eigenvalue weighted by atomic mass is 9.96. The van der Waals surface area contributed by atoms with Crippen LogP contribution in [0.25, 0.3) is 0 Å². The predicted molar refractivity (Wildman–Crippen MR) is 88.8 cm³/mol. The number of ether oxygens (including phenoxy) is 1. The van der Waals surface area contributed by atoms with Crippen LogP contribution in [0.2, 0.25) is 0 Å². The van der Waals surface area contributed by atoms with Gasteiger partial charge in [0, 0.05) is 36.7 Å². The molecular weight excluding hydrogens is 284 g/mol. The minimum atomic E-state index is 0.205. The van der Waals surface area contributed by atoms with Gasteiger partial charge in [-0.05, 0) is 19.4 Å². The third-order valence-corrected chi connectivity index (χ3v) is 5.37. The Morgan fingerprint density at radius 3 is 2.62 bits per heavy atom. The second-order valence-corrected chi connectivity index (χ2v) is 8.96. The summed E-state index contributed by atoms with van der Waals surface area (Å²) in [5, 5.41) is 0. The number of morpholine rings is 1. The molecule has 1 amide bonds. The summed E-state index contributed by atoms with van der Waals surface area (Å²) in [4.78, 5) is 17.0. The average molecular weight is 314 g/mol. The molecule has 5 heteroatoms. The summed E-state index contributed by atoms with van der Waals surface area (Å²) in [6.07, 6.45) is 2.21. The fourth-order valence-electron chi connectivity index (χ4n) is 2.98. The molecule has 0 unspecified atom stereocenters. The highest BCUT2D eigenvalue weighted by atomic mass is 32.2. The van der Waals surface area contributed by atoms with Gasteiger partial charge in [0.2, 0.25) is 5.91 Å². The Balaban J connectivity index is 1.76. The lowest BCUT2D eigenvalue weighted by molar-refractivity contribution is -0.141. The lowest BCUT2D eigenvalue weighted by Crippen LogP contribution is -2.48. The molecule has 2 fully saturated rings. The van der Waals surface area contributed by atoms with Gasteiger partial charge in [-0.15, -0.1) is 0 Å². The maximum atomic E-state index is 12.6. The van der Waals surface area contributed by atoms with Crippen LogP contribution in [-0.2, 0) is 9.53 Å². The van der Waals surface area contributed by atoms with Crippen molar-refractivity contribution in [3.05, 3.63) is 0 Å². The number of likely N-dealkylation sites (tertiary alicyclic amines) is 1. The number of carbonyl (C=O) groups is 1. The maximum absolute atomic E-state index is 12.6. The van der Waals surface area contributed by atoms with E-state index in [4.69, 9.17) is 4.74 Å². The quantitative estimate of drug-likeness (QED) is 0.795. The van der Waals surface area contributed by atoms with Crippen molar-refractivity contribution in [1.82, 2.24) is 9.80 Å². The smallest absolute Gasteiger partial charge is 0.227 e. The first-order chi connectivity index (χ1) is 9.96. The molecular formula is C16H30N2O2S. The highest BCUT2D eigenvalue weighted by molar-refractivity contribution is 8.00. The topological polar surface area (TPSA) is 32.8 Å². The molecule has 122 valence electrons. The Morgan fingerprint density at radius 1 is 1.24 bits per heavy atom. The fourth-order valence-corrected chi connectivity index (χ4v) is 3.94. The molecule has 2 heterocycles. The first-order valence-corrected chi connectivity index (χ1v) is 9.17. The molecule has 4 nitrogen and oxygen atoms in total. The molecule has 0 aromatic heterocycles. The zero-order valence-electron chi connectivity index (χ0n) is 13.8. The minimum absolute atomic E-state index is 0.205. The molecule has 2 rings (SSSR count). The summed E-state index contributed by atoms with van der Waals surface area (Å²) in [7, 11) is 0. The summed E-state index contributed by atoms with van der Waals surface area (Å²) in [6.45, 7) is 12.9. The van der Waals surface area contributed by atoms with Gasteiger partial charge in [0.15, 0.2) is 0 Å². The Morgan fingerprint density at radius 2 is 1.95 bits per heavy atom. The zero-order valence-corrected chi connectivity index (χ0v) is 14.6. The van der Waals surface area contributed by atoms with Crippen molar-refractivity contribution in [3.8, 4) is 0 Å². The van der Waals surface area contributed by atoms with Gasteiger partial charge >= 0.3 is 0 Å². The van der Waals surface area contributed by atoms with E-state index in [0.717, 1.165) is 51.3 Å². The van der Waals surface area contributed by atoms with E-state index in [0.29, 0.717) is 23.9 Å². The summed E-state index contributed by atoms with van der Waals surface area (Å²) in [5.74, 6) is 1.71. The van der Waals surface area contributed by atoms with E-state index in [1.54, 1.807) is 0 Å². The van der Waals surface area contributed by atoms with Gasteiger partial charge in [0.05, 0.1) is 19.1 Å². The number of rotatable bonds is 4. The van der Waals surface area contributed by atoms with Gasteiger partial charge in [-0.25, -0.2) is 0 Å². The van der Waals surface area contributed by atoms with E-state index in [1.165, 1.54) is 0 Å². The monoisotopic (exact) mass is 314 g/mol. The maximum Gasteiger partial charge on any atom is 0.227 e. The molecule has 2 aliphatic heterocycles. The number of amides is 1. The molecule has 2 aliphatic rings. The molecule has 21 heavy (non-hydrogen) atoms. The zero-order chi connectivity index (χ0) is 15.3. The lowest BCUT2D eigenvalue weighted by Gasteiger charge is -2.36. The number of thioether (sulfide) groups is 1. The molecule has 0 bridgehead atoms. The van der Waals surface area contributed by atoms with Crippen molar-refractivity contribution in [2.75, 3.05) is 51.7 Å². The summed E-state index contributed by atoms with van der Waals surface area (Å²) in [5.41, 5.74) is 0. The van der Waals surface area contributed by atoms with Crippen LogP contribution in [0.5, 0.6) is 0 Å². The van der Waals surface area contributed by atoms with Crippen LogP contribution in [0.15, 0.2) is 0 Å². The average Bonchev–Trinajstić information content (AvgIpc) is 2.46. The van der Waals surface area contributed by atoms with E-state index in [1.807, 2.05) is 16.7 Å². The molecule has 0 radical (unpaired) electrons. The second kappa shape index (κ2) is 7.84. The van der Waals surface area contributed by atoms with E-state index in [2.05, 4.69) is 25.7 Å². The molecule has 2 saturated heterocycles.